The second kappa shape index (κ2) is 8.92. The highest BCUT2D eigenvalue weighted by Gasteiger charge is 2.17. The maximum atomic E-state index is 12.1. The van der Waals surface area contributed by atoms with E-state index >= 15 is 0 Å². The highest BCUT2D eigenvalue weighted by atomic mass is 35.5. The van der Waals surface area contributed by atoms with E-state index in [0.29, 0.717) is 5.69 Å². The maximum Gasteiger partial charge on any atom is 0.341 e. The molecule has 6 nitrogen and oxygen atoms in total. The van der Waals surface area contributed by atoms with Crippen LogP contribution < -0.4 is 14.8 Å². The van der Waals surface area contributed by atoms with Gasteiger partial charge in [0, 0.05) is 12.1 Å². The number of esters is 1. The molecule has 2 aromatic carbocycles. The molecule has 0 saturated carbocycles. The van der Waals surface area contributed by atoms with E-state index < -0.39 is 5.97 Å². The first-order valence-electron chi connectivity index (χ1n) is 7.57. The van der Waals surface area contributed by atoms with Crippen molar-refractivity contribution in [1.29, 1.82) is 0 Å². The molecule has 1 amide bonds. The molecule has 7 heteroatoms. The Balaban J connectivity index is 2.15. The minimum atomic E-state index is -0.582. The number of ether oxygens (including phenoxy) is 3. The van der Waals surface area contributed by atoms with Crippen LogP contribution in [0.1, 0.15) is 15.9 Å². The van der Waals surface area contributed by atoms with Gasteiger partial charge in [-0.3, -0.25) is 4.79 Å². The highest BCUT2D eigenvalue weighted by molar-refractivity contribution is 6.34. The number of hydrogen-bond donors (Lipinski definition) is 1. The average molecular weight is 376 g/mol. The third-order valence-electron chi connectivity index (χ3n) is 3.50. The number of carbonyl (C=O) groups excluding carboxylic acids is 2. The number of hydrogen-bond acceptors (Lipinski definition) is 5. The van der Waals surface area contributed by atoms with Crippen molar-refractivity contribution in [1.82, 2.24) is 0 Å². The SMILES string of the molecule is COC(=O)c1cc(Cl)c(NC(=O)C=Cc2ccc(OC)cc2)cc1OC. The molecular formula is C19H18ClNO5. The first kappa shape index (κ1) is 19.3. The summed E-state index contributed by atoms with van der Waals surface area (Å²) in [6, 6.07) is 10.1. The lowest BCUT2D eigenvalue weighted by atomic mass is 10.1. The van der Waals surface area contributed by atoms with Crippen LogP contribution >= 0.6 is 11.6 Å². The van der Waals surface area contributed by atoms with E-state index in [9.17, 15) is 9.59 Å². The van der Waals surface area contributed by atoms with Gasteiger partial charge in [-0.25, -0.2) is 4.79 Å². The Bertz CT molecular complexity index is 831. The molecule has 0 radical (unpaired) electrons. The molecule has 0 aliphatic rings. The minimum absolute atomic E-state index is 0.173. The molecule has 0 bridgehead atoms. The lowest BCUT2D eigenvalue weighted by Crippen LogP contribution is -2.10. The van der Waals surface area contributed by atoms with Crippen LogP contribution in [0.25, 0.3) is 6.08 Å². The molecule has 26 heavy (non-hydrogen) atoms. The van der Waals surface area contributed by atoms with Crippen LogP contribution in [-0.2, 0) is 9.53 Å². The van der Waals surface area contributed by atoms with Gasteiger partial charge >= 0.3 is 5.97 Å². The Hall–Kier alpha value is -2.99. The Morgan fingerprint density at radius 2 is 1.73 bits per heavy atom. The number of anilines is 1. The summed E-state index contributed by atoms with van der Waals surface area (Å²) in [6.45, 7) is 0. The van der Waals surface area contributed by atoms with Crippen molar-refractivity contribution in [3.8, 4) is 11.5 Å². The van der Waals surface area contributed by atoms with E-state index in [1.165, 1.54) is 32.4 Å². The second-order valence-corrected chi connectivity index (χ2v) is 5.53. The fourth-order valence-corrected chi connectivity index (χ4v) is 2.36. The van der Waals surface area contributed by atoms with Crippen LogP contribution in [0.5, 0.6) is 11.5 Å². The number of amides is 1. The van der Waals surface area contributed by atoms with E-state index in [4.69, 9.17) is 21.1 Å². The fourth-order valence-electron chi connectivity index (χ4n) is 2.15. The predicted molar refractivity (Wildman–Crippen MR) is 100 cm³/mol. The monoisotopic (exact) mass is 375 g/mol. The van der Waals surface area contributed by atoms with Gasteiger partial charge in [0.15, 0.2) is 0 Å². The fraction of sp³-hybridized carbons (Fsp3) is 0.158. The van der Waals surface area contributed by atoms with Gasteiger partial charge in [0.25, 0.3) is 0 Å². The molecule has 0 saturated heterocycles. The van der Waals surface area contributed by atoms with Gasteiger partial charge in [-0.2, -0.15) is 0 Å². The summed E-state index contributed by atoms with van der Waals surface area (Å²) in [5, 5.41) is 2.84. The Morgan fingerprint density at radius 1 is 1.04 bits per heavy atom. The van der Waals surface area contributed by atoms with Crippen LogP contribution in [-0.4, -0.2) is 33.2 Å². The molecule has 0 fully saturated rings. The van der Waals surface area contributed by atoms with Crippen molar-refractivity contribution < 1.29 is 23.8 Å². The molecule has 0 atom stereocenters. The normalized spacial score (nSPS) is 10.5. The van der Waals surface area contributed by atoms with E-state index in [1.807, 2.05) is 12.1 Å². The van der Waals surface area contributed by atoms with Crippen molar-refractivity contribution in [3.05, 3.63) is 58.6 Å². The van der Waals surface area contributed by atoms with Crippen molar-refractivity contribution >= 4 is 35.2 Å². The van der Waals surface area contributed by atoms with E-state index in [2.05, 4.69) is 10.1 Å². The number of benzene rings is 2. The summed E-state index contributed by atoms with van der Waals surface area (Å²) >= 11 is 6.14. The minimum Gasteiger partial charge on any atom is -0.497 e. The summed E-state index contributed by atoms with van der Waals surface area (Å²) in [5.41, 5.74) is 1.33. The summed E-state index contributed by atoms with van der Waals surface area (Å²) in [6.07, 6.45) is 3.03. The maximum absolute atomic E-state index is 12.1. The van der Waals surface area contributed by atoms with Crippen LogP contribution in [0.15, 0.2) is 42.5 Å². The Morgan fingerprint density at radius 3 is 2.31 bits per heavy atom. The molecule has 0 spiro atoms. The van der Waals surface area contributed by atoms with Gasteiger partial charge in [-0.1, -0.05) is 23.7 Å². The molecule has 0 unspecified atom stereocenters. The molecule has 2 aromatic rings. The standard InChI is InChI=1S/C19H18ClNO5/c1-24-13-7-4-12(5-8-13)6-9-18(22)21-16-11-17(25-2)14(10-15(16)20)19(23)26-3/h4-11H,1-3H3,(H,21,22). The van der Waals surface area contributed by atoms with Crippen LogP contribution in [0.2, 0.25) is 5.02 Å². The largest absolute Gasteiger partial charge is 0.497 e. The van der Waals surface area contributed by atoms with Crippen LogP contribution in [0.3, 0.4) is 0 Å². The lowest BCUT2D eigenvalue weighted by molar-refractivity contribution is -0.111. The van der Waals surface area contributed by atoms with Gasteiger partial charge < -0.3 is 19.5 Å². The number of methoxy groups -OCH3 is 3. The third kappa shape index (κ3) is 4.77. The summed E-state index contributed by atoms with van der Waals surface area (Å²) in [4.78, 5) is 23.8. The molecule has 0 aromatic heterocycles. The van der Waals surface area contributed by atoms with Crippen molar-refractivity contribution in [2.45, 2.75) is 0 Å². The van der Waals surface area contributed by atoms with Crippen molar-refractivity contribution in [2.24, 2.45) is 0 Å². The van der Waals surface area contributed by atoms with E-state index in [-0.39, 0.29) is 22.2 Å². The predicted octanol–water partition coefficient (Wildman–Crippen LogP) is 3.80. The molecule has 0 heterocycles. The first-order valence-corrected chi connectivity index (χ1v) is 7.95. The average Bonchev–Trinajstić information content (AvgIpc) is 2.67. The lowest BCUT2D eigenvalue weighted by Gasteiger charge is -2.11. The van der Waals surface area contributed by atoms with Gasteiger partial charge in [-0.15, -0.1) is 0 Å². The van der Waals surface area contributed by atoms with Gasteiger partial charge in [0.2, 0.25) is 5.91 Å². The zero-order valence-corrected chi connectivity index (χ0v) is 15.3. The van der Waals surface area contributed by atoms with E-state index in [1.54, 1.807) is 25.3 Å². The van der Waals surface area contributed by atoms with Crippen LogP contribution in [0, 0.1) is 0 Å². The van der Waals surface area contributed by atoms with Crippen LogP contribution in [0.4, 0.5) is 5.69 Å². The van der Waals surface area contributed by atoms with Gasteiger partial charge in [-0.05, 0) is 29.8 Å². The van der Waals surface area contributed by atoms with Crippen molar-refractivity contribution in [3.63, 3.8) is 0 Å². The van der Waals surface area contributed by atoms with Crippen molar-refractivity contribution in [2.75, 3.05) is 26.6 Å². The highest BCUT2D eigenvalue weighted by Crippen LogP contribution is 2.31. The molecule has 1 N–H and O–H groups in total. The quantitative estimate of drug-likeness (QED) is 0.614. The van der Waals surface area contributed by atoms with Gasteiger partial charge in [0.05, 0.1) is 32.0 Å². The number of rotatable bonds is 6. The Labute approximate surface area is 156 Å². The third-order valence-corrected chi connectivity index (χ3v) is 3.81. The summed E-state index contributed by atoms with van der Waals surface area (Å²) in [7, 11) is 4.25. The Kier molecular flexibility index (Phi) is 6.63. The zero-order valence-electron chi connectivity index (χ0n) is 14.5. The molecular weight excluding hydrogens is 358 g/mol. The van der Waals surface area contributed by atoms with Gasteiger partial charge in [0.1, 0.15) is 17.1 Å². The molecule has 2 rings (SSSR count). The number of nitrogens with one attached hydrogen (secondary N) is 1. The summed E-state index contributed by atoms with van der Waals surface area (Å²) in [5.74, 6) is 0.0171. The van der Waals surface area contributed by atoms with E-state index in [0.717, 1.165) is 11.3 Å². The number of halogens is 1. The first-order chi connectivity index (χ1) is 12.5. The zero-order chi connectivity index (χ0) is 19.1. The smallest absolute Gasteiger partial charge is 0.341 e. The summed E-state index contributed by atoms with van der Waals surface area (Å²) < 4.78 is 14.9. The number of carbonyl (C=O) groups is 2. The molecule has 136 valence electrons. The molecule has 0 aliphatic heterocycles. The molecule has 0 aliphatic carbocycles. The topological polar surface area (TPSA) is 73.9 Å². The second-order valence-electron chi connectivity index (χ2n) is 5.12.